The van der Waals surface area contributed by atoms with E-state index in [1.165, 1.54) is 12.1 Å². The summed E-state index contributed by atoms with van der Waals surface area (Å²) >= 11 is 0. The number of alkyl halides is 3. The van der Waals surface area contributed by atoms with Gasteiger partial charge in [-0.2, -0.15) is 0 Å². The molecule has 0 amide bonds. The summed E-state index contributed by atoms with van der Waals surface area (Å²) in [4.78, 5) is 2.30. The van der Waals surface area contributed by atoms with Crippen LogP contribution in [-0.4, -0.2) is 42.1 Å². The molecule has 1 aliphatic heterocycles. The van der Waals surface area contributed by atoms with E-state index >= 15 is 0 Å². The van der Waals surface area contributed by atoms with Gasteiger partial charge in [-0.15, -0.1) is 13.2 Å². The molecule has 1 saturated heterocycles. The summed E-state index contributed by atoms with van der Waals surface area (Å²) in [5, 5.41) is 11.4. The van der Waals surface area contributed by atoms with Crippen LogP contribution < -0.4 is 4.74 Å². The molecular weight excluding hydrogens is 355 g/mol. The molecule has 3 nitrogen and oxygen atoms in total. The minimum atomic E-state index is -4.70. The Morgan fingerprint density at radius 3 is 2.48 bits per heavy atom. The van der Waals surface area contributed by atoms with Gasteiger partial charge < -0.3 is 14.7 Å². The quantitative estimate of drug-likeness (QED) is 0.766. The Hall–Kier alpha value is -1.27. The number of ether oxygens (including phenoxy) is 1. The standard InChI is InChI=1S/C21H30F3NO2/c1-25-12-8-16(9-13-25)14-19(20(26)10-3-2-4-11-20)17-6-5-7-18(15-17)27-21(22,23)24/h5-7,15-16,19,26H,2-4,8-14H2,1H3/t19-/m1/s1. The average Bonchev–Trinajstić information content (AvgIpc) is 2.60. The van der Waals surface area contributed by atoms with Crippen molar-refractivity contribution in [3.63, 3.8) is 0 Å². The Bertz CT molecular complexity index is 606. The predicted octanol–water partition coefficient (Wildman–Crippen LogP) is 5.10. The fourth-order valence-corrected chi connectivity index (χ4v) is 4.74. The van der Waals surface area contributed by atoms with Crippen molar-refractivity contribution in [3.8, 4) is 5.75 Å². The first kappa shape index (κ1) is 20.5. The maximum Gasteiger partial charge on any atom is 0.573 e. The van der Waals surface area contributed by atoms with Crippen molar-refractivity contribution in [2.24, 2.45) is 5.92 Å². The SMILES string of the molecule is CN1CCC(C[C@H](c2cccc(OC(F)(F)F)c2)C2(O)CCCCC2)CC1. The summed E-state index contributed by atoms with van der Waals surface area (Å²) in [7, 11) is 2.11. The normalized spacial score (nSPS) is 23.1. The van der Waals surface area contributed by atoms with Gasteiger partial charge >= 0.3 is 6.36 Å². The first-order valence-corrected chi connectivity index (χ1v) is 10.0. The number of rotatable bonds is 5. The fourth-order valence-electron chi connectivity index (χ4n) is 4.74. The van der Waals surface area contributed by atoms with Crippen molar-refractivity contribution in [3.05, 3.63) is 29.8 Å². The summed E-state index contributed by atoms with van der Waals surface area (Å²) in [6.45, 7) is 2.07. The Balaban J connectivity index is 1.84. The number of likely N-dealkylation sites (tertiary alicyclic amines) is 1. The number of benzene rings is 1. The third kappa shape index (κ3) is 5.61. The van der Waals surface area contributed by atoms with Gasteiger partial charge in [-0.05, 0) is 75.9 Å². The van der Waals surface area contributed by atoms with Crippen LogP contribution in [0.1, 0.15) is 62.8 Å². The van der Waals surface area contributed by atoms with E-state index < -0.39 is 12.0 Å². The van der Waals surface area contributed by atoms with Gasteiger partial charge in [0.15, 0.2) is 0 Å². The summed E-state index contributed by atoms with van der Waals surface area (Å²) < 4.78 is 42.0. The maximum absolute atomic E-state index is 12.6. The van der Waals surface area contributed by atoms with E-state index in [0.717, 1.165) is 57.2 Å². The van der Waals surface area contributed by atoms with E-state index in [1.54, 1.807) is 6.07 Å². The number of aliphatic hydroxyl groups is 1. The second-order valence-corrected chi connectivity index (χ2v) is 8.32. The van der Waals surface area contributed by atoms with E-state index in [0.29, 0.717) is 18.8 Å². The van der Waals surface area contributed by atoms with Crippen LogP contribution in [0.3, 0.4) is 0 Å². The summed E-state index contributed by atoms with van der Waals surface area (Å²) in [5.41, 5.74) is -0.0709. The molecule has 0 unspecified atom stereocenters. The van der Waals surface area contributed by atoms with Crippen LogP contribution in [0.4, 0.5) is 13.2 Å². The molecule has 152 valence electrons. The molecule has 2 aliphatic rings. The first-order chi connectivity index (χ1) is 12.8. The second kappa shape index (κ2) is 8.39. The molecule has 0 aromatic heterocycles. The van der Waals surface area contributed by atoms with Gasteiger partial charge in [-0.3, -0.25) is 0 Å². The van der Waals surface area contributed by atoms with Crippen LogP contribution in [0.25, 0.3) is 0 Å². The Kier molecular flexibility index (Phi) is 6.36. The number of piperidine rings is 1. The van der Waals surface area contributed by atoms with E-state index in [-0.39, 0.29) is 11.7 Å². The molecule has 1 aromatic rings. The van der Waals surface area contributed by atoms with Crippen LogP contribution >= 0.6 is 0 Å². The van der Waals surface area contributed by atoms with Crippen molar-refractivity contribution in [1.82, 2.24) is 4.90 Å². The zero-order chi connectivity index (χ0) is 19.5. The molecule has 1 aromatic carbocycles. The first-order valence-electron chi connectivity index (χ1n) is 10.0. The van der Waals surface area contributed by atoms with Crippen LogP contribution in [0.5, 0.6) is 5.75 Å². The minimum absolute atomic E-state index is 0.150. The summed E-state index contributed by atoms with van der Waals surface area (Å²) in [6, 6.07) is 6.24. The highest BCUT2D eigenvalue weighted by atomic mass is 19.4. The van der Waals surface area contributed by atoms with Gasteiger partial charge in [-0.25, -0.2) is 0 Å². The third-order valence-electron chi connectivity index (χ3n) is 6.27. The topological polar surface area (TPSA) is 32.7 Å². The van der Waals surface area contributed by atoms with Crippen LogP contribution in [0, 0.1) is 5.92 Å². The van der Waals surface area contributed by atoms with Gasteiger partial charge in [0.25, 0.3) is 0 Å². The van der Waals surface area contributed by atoms with E-state index in [2.05, 4.69) is 16.7 Å². The van der Waals surface area contributed by atoms with Crippen molar-refractivity contribution < 1.29 is 23.0 Å². The van der Waals surface area contributed by atoms with Crippen molar-refractivity contribution in [2.45, 2.75) is 69.2 Å². The zero-order valence-electron chi connectivity index (χ0n) is 16.0. The summed E-state index contributed by atoms with van der Waals surface area (Å²) in [6.07, 6.45) is 2.75. The van der Waals surface area contributed by atoms with Gasteiger partial charge in [0, 0.05) is 5.92 Å². The van der Waals surface area contributed by atoms with E-state index in [1.807, 2.05) is 6.07 Å². The molecule has 6 heteroatoms. The zero-order valence-corrected chi connectivity index (χ0v) is 16.0. The number of hydrogen-bond acceptors (Lipinski definition) is 3. The Labute approximate surface area is 159 Å². The number of halogens is 3. The molecule has 1 saturated carbocycles. The number of hydrogen-bond donors (Lipinski definition) is 1. The molecule has 0 spiro atoms. The fraction of sp³-hybridized carbons (Fsp3) is 0.714. The molecule has 27 heavy (non-hydrogen) atoms. The highest BCUT2D eigenvalue weighted by Crippen LogP contribution is 2.45. The highest BCUT2D eigenvalue weighted by Gasteiger charge is 2.40. The molecular formula is C21H30F3NO2. The second-order valence-electron chi connectivity index (χ2n) is 8.32. The van der Waals surface area contributed by atoms with Crippen LogP contribution in [0.2, 0.25) is 0 Å². The Morgan fingerprint density at radius 2 is 1.85 bits per heavy atom. The van der Waals surface area contributed by atoms with Gasteiger partial charge in [0.2, 0.25) is 0 Å². The van der Waals surface area contributed by atoms with Crippen molar-refractivity contribution >= 4 is 0 Å². The molecule has 3 rings (SSSR count). The molecule has 1 aliphatic carbocycles. The smallest absolute Gasteiger partial charge is 0.406 e. The number of nitrogens with zero attached hydrogens (tertiary/aromatic N) is 1. The molecule has 2 fully saturated rings. The largest absolute Gasteiger partial charge is 0.573 e. The molecule has 0 radical (unpaired) electrons. The molecule has 1 N–H and O–H groups in total. The highest BCUT2D eigenvalue weighted by molar-refractivity contribution is 5.33. The third-order valence-corrected chi connectivity index (χ3v) is 6.27. The monoisotopic (exact) mass is 385 g/mol. The van der Waals surface area contributed by atoms with Gasteiger partial charge in [0.1, 0.15) is 5.75 Å². The van der Waals surface area contributed by atoms with Crippen molar-refractivity contribution in [2.75, 3.05) is 20.1 Å². The maximum atomic E-state index is 12.6. The molecule has 1 atom stereocenters. The van der Waals surface area contributed by atoms with Crippen LogP contribution in [-0.2, 0) is 0 Å². The lowest BCUT2D eigenvalue weighted by Crippen LogP contribution is -2.40. The lowest BCUT2D eigenvalue weighted by atomic mass is 9.68. The summed E-state index contributed by atoms with van der Waals surface area (Å²) in [5.74, 6) is 0.139. The average molecular weight is 385 g/mol. The van der Waals surface area contributed by atoms with Gasteiger partial charge in [0.05, 0.1) is 5.60 Å². The predicted molar refractivity (Wildman–Crippen MR) is 98.7 cm³/mol. The van der Waals surface area contributed by atoms with Gasteiger partial charge in [-0.1, -0.05) is 31.4 Å². The van der Waals surface area contributed by atoms with E-state index in [9.17, 15) is 18.3 Å². The van der Waals surface area contributed by atoms with E-state index in [4.69, 9.17) is 0 Å². The van der Waals surface area contributed by atoms with Crippen molar-refractivity contribution in [1.29, 1.82) is 0 Å². The minimum Gasteiger partial charge on any atom is -0.406 e. The lowest BCUT2D eigenvalue weighted by molar-refractivity contribution is -0.274. The lowest BCUT2D eigenvalue weighted by Gasteiger charge is -2.42. The van der Waals surface area contributed by atoms with Crippen LogP contribution in [0.15, 0.2) is 24.3 Å². The molecule has 0 bridgehead atoms. The molecule has 1 heterocycles. The Morgan fingerprint density at radius 1 is 1.19 bits per heavy atom.